The molecular formula is C13H17N3O2. The number of hydrogen-bond donors (Lipinski definition) is 0. The van der Waals surface area contributed by atoms with Crippen LogP contribution in [-0.4, -0.2) is 29.2 Å². The average molecular weight is 247 g/mol. The summed E-state index contributed by atoms with van der Waals surface area (Å²) in [5.41, 5.74) is 1.97. The van der Waals surface area contributed by atoms with Crippen LogP contribution in [0.4, 0.5) is 0 Å². The summed E-state index contributed by atoms with van der Waals surface area (Å²) in [4.78, 5) is 0. The maximum Gasteiger partial charge on any atom is 0.162 e. The van der Waals surface area contributed by atoms with E-state index in [1.165, 1.54) is 0 Å². The minimum Gasteiger partial charge on any atom is -0.493 e. The summed E-state index contributed by atoms with van der Waals surface area (Å²) < 4.78 is 12.3. The van der Waals surface area contributed by atoms with Crippen molar-refractivity contribution in [2.45, 2.75) is 19.8 Å². The van der Waals surface area contributed by atoms with Crippen molar-refractivity contribution in [3.8, 4) is 17.2 Å². The third kappa shape index (κ3) is 2.16. The van der Waals surface area contributed by atoms with E-state index < -0.39 is 0 Å². The lowest BCUT2D eigenvalue weighted by Crippen LogP contribution is -2.04. The molecule has 5 heteroatoms. The van der Waals surface area contributed by atoms with Gasteiger partial charge in [-0.15, -0.1) is 5.10 Å². The van der Waals surface area contributed by atoms with E-state index in [0.717, 1.165) is 11.4 Å². The molecule has 2 rings (SSSR count). The van der Waals surface area contributed by atoms with Gasteiger partial charge in [-0.1, -0.05) is 19.1 Å². The molecule has 5 nitrogen and oxygen atoms in total. The van der Waals surface area contributed by atoms with Gasteiger partial charge in [0, 0.05) is 6.07 Å². The molecule has 1 aromatic carbocycles. The lowest BCUT2D eigenvalue weighted by molar-refractivity contribution is 0.354. The molecule has 0 spiro atoms. The number of aromatic nitrogens is 3. The summed E-state index contributed by atoms with van der Waals surface area (Å²) in [5, 5.41) is 8.07. The van der Waals surface area contributed by atoms with E-state index in [4.69, 9.17) is 9.47 Å². The van der Waals surface area contributed by atoms with E-state index in [9.17, 15) is 0 Å². The van der Waals surface area contributed by atoms with Crippen LogP contribution in [0.15, 0.2) is 24.4 Å². The van der Waals surface area contributed by atoms with Gasteiger partial charge in [0.15, 0.2) is 11.5 Å². The Kier molecular flexibility index (Phi) is 3.50. The number of methoxy groups -OCH3 is 2. The van der Waals surface area contributed by atoms with Crippen molar-refractivity contribution in [1.29, 1.82) is 0 Å². The molecule has 0 aliphatic heterocycles. The third-order valence-corrected chi connectivity index (χ3v) is 2.78. The van der Waals surface area contributed by atoms with Gasteiger partial charge in [-0.25, -0.2) is 4.68 Å². The van der Waals surface area contributed by atoms with E-state index in [2.05, 4.69) is 24.2 Å². The zero-order chi connectivity index (χ0) is 13.1. The number of rotatable bonds is 4. The first kappa shape index (κ1) is 12.4. The van der Waals surface area contributed by atoms with E-state index in [1.807, 2.05) is 22.9 Å². The van der Waals surface area contributed by atoms with Crippen LogP contribution in [0.5, 0.6) is 11.5 Å². The lowest BCUT2D eigenvalue weighted by atomic mass is 10.1. The van der Waals surface area contributed by atoms with Crippen LogP contribution in [0.2, 0.25) is 0 Å². The molecule has 0 unspecified atom stereocenters. The number of nitrogens with zero attached hydrogens (tertiary/aromatic N) is 3. The highest BCUT2D eigenvalue weighted by atomic mass is 16.5. The Morgan fingerprint density at radius 3 is 2.44 bits per heavy atom. The standard InChI is InChI=1S/C13H17N3O2/c1-9(2)11-8-14-15-16(11)10-5-6-12(17-3)13(7-10)18-4/h5-9H,1-4H3. The summed E-state index contributed by atoms with van der Waals surface area (Å²) >= 11 is 0. The third-order valence-electron chi connectivity index (χ3n) is 2.78. The second-order valence-corrected chi connectivity index (χ2v) is 4.26. The van der Waals surface area contributed by atoms with Gasteiger partial charge in [0.1, 0.15) is 0 Å². The van der Waals surface area contributed by atoms with Crippen molar-refractivity contribution < 1.29 is 9.47 Å². The van der Waals surface area contributed by atoms with Gasteiger partial charge in [0.2, 0.25) is 0 Å². The molecule has 96 valence electrons. The van der Waals surface area contributed by atoms with Crippen molar-refractivity contribution in [1.82, 2.24) is 15.0 Å². The van der Waals surface area contributed by atoms with E-state index in [0.29, 0.717) is 17.4 Å². The highest BCUT2D eigenvalue weighted by molar-refractivity contribution is 5.48. The van der Waals surface area contributed by atoms with Crippen molar-refractivity contribution >= 4 is 0 Å². The molecule has 0 bridgehead atoms. The van der Waals surface area contributed by atoms with Crippen LogP contribution in [-0.2, 0) is 0 Å². The van der Waals surface area contributed by atoms with Crippen LogP contribution in [0.3, 0.4) is 0 Å². The quantitative estimate of drug-likeness (QED) is 0.832. The van der Waals surface area contributed by atoms with Crippen LogP contribution in [0, 0.1) is 0 Å². The van der Waals surface area contributed by atoms with Gasteiger partial charge < -0.3 is 9.47 Å². The number of ether oxygens (including phenoxy) is 2. The number of benzene rings is 1. The molecule has 0 atom stereocenters. The molecule has 0 aliphatic rings. The molecule has 0 fully saturated rings. The maximum atomic E-state index is 5.29. The Hall–Kier alpha value is -2.04. The molecule has 0 aliphatic carbocycles. The number of hydrogen-bond acceptors (Lipinski definition) is 4. The highest BCUT2D eigenvalue weighted by Crippen LogP contribution is 2.29. The summed E-state index contributed by atoms with van der Waals surface area (Å²) in [6.45, 7) is 4.21. The molecular weight excluding hydrogens is 230 g/mol. The smallest absolute Gasteiger partial charge is 0.162 e. The topological polar surface area (TPSA) is 49.2 Å². The molecule has 18 heavy (non-hydrogen) atoms. The van der Waals surface area contributed by atoms with Gasteiger partial charge in [-0.3, -0.25) is 0 Å². The Labute approximate surface area is 106 Å². The molecule has 0 saturated carbocycles. The second kappa shape index (κ2) is 5.08. The molecule has 1 aromatic heterocycles. The molecule has 2 aromatic rings. The fourth-order valence-corrected chi connectivity index (χ4v) is 1.79. The van der Waals surface area contributed by atoms with Crippen LogP contribution in [0.25, 0.3) is 5.69 Å². The Morgan fingerprint density at radius 2 is 1.83 bits per heavy atom. The predicted octanol–water partition coefficient (Wildman–Crippen LogP) is 2.41. The minimum atomic E-state index is 0.355. The first-order valence-corrected chi connectivity index (χ1v) is 5.80. The highest BCUT2D eigenvalue weighted by Gasteiger charge is 2.12. The van der Waals surface area contributed by atoms with Crippen LogP contribution >= 0.6 is 0 Å². The Morgan fingerprint density at radius 1 is 1.11 bits per heavy atom. The summed E-state index contributed by atoms with van der Waals surface area (Å²) in [6.07, 6.45) is 1.78. The van der Waals surface area contributed by atoms with Gasteiger partial charge >= 0.3 is 0 Å². The van der Waals surface area contributed by atoms with Gasteiger partial charge in [0.25, 0.3) is 0 Å². The average Bonchev–Trinajstić information content (AvgIpc) is 2.87. The fourth-order valence-electron chi connectivity index (χ4n) is 1.79. The van der Waals surface area contributed by atoms with Crippen molar-refractivity contribution in [2.24, 2.45) is 0 Å². The van der Waals surface area contributed by atoms with Gasteiger partial charge in [0.05, 0.1) is 31.8 Å². The zero-order valence-electron chi connectivity index (χ0n) is 11.0. The fraction of sp³-hybridized carbons (Fsp3) is 0.385. The maximum absolute atomic E-state index is 5.29. The zero-order valence-corrected chi connectivity index (χ0v) is 11.0. The van der Waals surface area contributed by atoms with Crippen molar-refractivity contribution in [3.05, 3.63) is 30.1 Å². The van der Waals surface area contributed by atoms with Gasteiger partial charge in [-0.2, -0.15) is 0 Å². The van der Waals surface area contributed by atoms with Crippen molar-refractivity contribution in [3.63, 3.8) is 0 Å². The van der Waals surface area contributed by atoms with E-state index in [-0.39, 0.29) is 0 Å². The monoisotopic (exact) mass is 247 g/mol. The van der Waals surface area contributed by atoms with E-state index >= 15 is 0 Å². The molecule has 0 amide bonds. The molecule has 0 radical (unpaired) electrons. The first-order chi connectivity index (χ1) is 8.67. The van der Waals surface area contributed by atoms with E-state index in [1.54, 1.807) is 20.4 Å². The van der Waals surface area contributed by atoms with Gasteiger partial charge in [-0.05, 0) is 18.1 Å². The molecule has 1 heterocycles. The summed E-state index contributed by atoms with van der Waals surface area (Å²) in [6, 6.07) is 5.68. The lowest BCUT2D eigenvalue weighted by Gasteiger charge is -2.12. The molecule has 0 N–H and O–H groups in total. The second-order valence-electron chi connectivity index (χ2n) is 4.26. The first-order valence-electron chi connectivity index (χ1n) is 5.80. The SMILES string of the molecule is COc1ccc(-n2nncc2C(C)C)cc1OC. The summed E-state index contributed by atoms with van der Waals surface area (Å²) in [7, 11) is 3.23. The largest absolute Gasteiger partial charge is 0.493 e. The summed E-state index contributed by atoms with van der Waals surface area (Å²) in [5.74, 6) is 1.74. The molecule has 0 saturated heterocycles. The van der Waals surface area contributed by atoms with Crippen LogP contribution in [0.1, 0.15) is 25.5 Å². The normalized spacial score (nSPS) is 10.7. The van der Waals surface area contributed by atoms with Crippen molar-refractivity contribution in [2.75, 3.05) is 14.2 Å². The predicted molar refractivity (Wildman–Crippen MR) is 68.6 cm³/mol. The Balaban J connectivity index is 2.48. The minimum absolute atomic E-state index is 0.355. The Bertz CT molecular complexity index is 535. The van der Waals surface area contributed by atoms with Crippen LogP contribution < -0.4 is 9.47 Å².